The van der Waals surface area contributed by atoms with Gasteiger partial charge in [0.15, 0.2) is 0 Å². The minimum absolute atomic E-state index is 0.116. The molecule has 0 N–H and O–H groups in total. The summed E-state index contributed by atoms with van der Waals surface area (Å²) in [5.41, 5.74) is 1.14. The summed E-state index contributed by atoms with van der Waals surface area (Å²) in [6.07, 6.45) is -2.40. The molecule has 7 nitrogen and oxygen atoms in total. The van der Waals surface area contributed by atoms with Crippen LogP contribution in [0.25, 0.3) is 0 Å². The minimum atomic E-state index is -0.952. The standard InChI is InChI=1S/C26H22O7/c27-24(18-10-4-1-5-11-18)30-17-22-21(32-25(28)19-12-6-2-7-13-19)16-23(31-22)33-26(29)20-14-8-3-9-15-20/h1-15,21-23H,16-17H2/t21-,22+,23+/m1/s1. The number of hydrogen-bond acceptors (Lipinski definition) is 7. The van der Waals surface area contributed by atoms with Crippen LogP contribution < -0.4 is 0 Å². The average molecular weight is 446 g/mol. The predicted molar refractivity (Wildman–Crippen MR) is 118 cm³/mol. The van der Waals surface area contributed by atoms with Crippen LogP contribution in [0.3, 0.4) is 0 Å². The van der Waals surface area contributed by atoms with Crippen LogP contribution in [0.1, 0.15) is 37.5 Å². The third kappa shape index (κ3) is 5.84. The van der Waals surface area contributed by atoms with Crippen molar-refractivity contribution in [3.8, 4) is 0 Å². The first-order valence-corrected chi connectivity index (χ1v) is 10.5. The molecular formula is C26H22O7. The van der Waals surface area contributed by atoms with Crippen molar-refractivity contribution in [2.45, 2.75) is 24.9 Å². The Morgan fingerprint density at radius 1 is 0.667 bits per heavy atom. The maximum absolute atomic E-state index is 12.6. The molecule has 1 aliphatic rings. The Labute approximate surface area is 190 Å². The topological polar surface area (TPSA) is 88.1 Å². The molecule has 168 valence electrons. The molecule has 0 aromatic heterocycles. The molecule has 3 atom stereocenters. The highest BCUT2D eigenvalue weighted by Gasteiger charge is 2.41. The molecule has 0 amide bonds. The highest BCUT2D eigenvalue weighted by atomic mass is 16.7. The first-order chi connectivity index (χ1) is 16.1. The van der Waals surface area contributed by atoms with Gasteiger partial charge in [0.1, 0.15) is 18.8 Å². The van der Waals surface area contributed by atoms with Gasteiger partial charge in [0.05, 0.1) is 23.1 Å². The molecule has 0 bridgehead atoms. The quantitative estimate of drug-likeness (QED) is 0.400. The van der Waals surface area contributed by atoms with Gasteiger partial charge in [0.25, 0.3) is 0 Å². The van der Waals surface area contributed by atoms with Gasteiger partial charge in [-0.25, -0.2) is 14.4 Å². The normalized spacial score (nSPS) is 19.5. The number of esters is 3. The lowest BCUT2D eigenvalue weighted by Gasteiger charge is -2.18. The lowest BCUT2D eigenvalue weighted by atomic mass is 10.1. The molecule has 3 aromatic rings. The van der Waals surface area contributed by atoms with Crippen molar-refractivity contribution >= 4 is 17.9 Å². The SMILES string of the molecule is O=C(OC[C@@H]1O[C@@H](OC(=O)c2ccccc2)C[C@H]1OC(=O)c1ccccc1)c1ccccc1. The van der Waals surface area contributed by atoms with E-state index in [2.05, 4.69) is 0 Å². The van der Waals surface area contributed by atoms with Crippen molar-refractivity contribution < 1.29 is 33.3 Å². The molecule has 33 heavy (non-hydrogen) atoms. The van der Waals surface area contributed by atoms with Crippen LogP contribution in [-0.4, -0.2) is 43.0 Å². The number of hydrogen-bond donors (Lipinski definition) is 0. The zero-order valence-electron chi connectivity index (χ0n) is 17.7. The Kier molecular flexibility index (Phi) is 7.12. The van der Waals surface area contributed by atoms with E-state index in [1.54, 1.807) is 91.0 Å². The lowest BCUT2D eigenvalue weighted by molar-refractivity contribution is -0.117. The number of ether oxygens (including phenoxy) is 4. The van der Waals surface area contributed by atoms with Gasteiger partial charge in [0, 0.05) is 0 Å². The second-order valence-electron chi connectivity index (χ2n) is 7.39. The van der Waals surface area contributed by atoms with E-state index in [1.165, 1.54) is 0 Å². The van der Waals surface area contributed by atoms with E-state index in [4.69, 9.17) is 18.9 Å². The Morgan fingerprint density at radius 3 is 1.64 bits per heavy atom. The van der Waals surface area contributed by atoms with Gasteiger partial charge < -0.3 is 18.9 Å². The van der Waals surface area contributed by atoms with Crippen molar-refractivity contribution in [3.63, 3.8) is 0 Å². The average Bonchev–Trinajstić information content (AvgIpc) is 3.24. The Bertz CT molecular complexity index is 1080. The van der Waals surface area contributed by atoms with Crippen LogP contribution in [0.5, 0.6) is 0 Å². The Morgan fingerprint density at radius 2 is 1.12 bits per heavy atom. The number of carbonyl (C=O) groups is 3. The van der Waals surface area contributed by atoms with Gasteiger partial charge >= 0.3 is 17.9 Å². The summed E-state index contributed by atoms with van der Waals surface area (Å²) in [5, 5.41) is 0. The highest BCUT2D eigenvalue weighted by molar-refractivity contribution is 5.90. The molecule has 1 fully saturated rings. The summed E-state index contributed by atoms with van der Waals surface area (Å²) in [7, 11) is 0. The fourth-order valence-corrected chi connectivity index (χ4v) is 3.38. The second-order valence-corrected chi connectivity index (χ2v) is 7.39. The van der Waals surface area contributed by atoms with Gasteiger partial charge in [0.2, 0.25) is 6.29 Å². The highest BCUT2D eigenvalue weighted by Crippen LogP contribution is 2.27. The zero-order valence-corrected chi connectivity index (χ0v) is 17.7. The summed E-state index contributed by atoms with van der Waals surface area (Å²) >= 11 is 0. The Balaban J connectivity index is 1.43. The van der Waals surface area contributed by atoms with Crippen molar-refractivity contribution in [3.05, 3.63) is 108 Å². The fourth-order valence-electron chi connectivity index (χ4n) is 3.38. The summed E-state index contributed by atoms with van der Waals surface area (Å²) in [6, 6.07) is 25.5. The van der Waals surface area contributed by atoms with Crippen molar-refractivity contribution in [2.24, 2.45) is 0 Å². The summed E-state index contributed by atoms with van der Waals surface area (Å²) in [4.78, 5) is 37.3. The molecule has 0 aliphatic carbocycles. The van der Waals surface area contributed by atoms with E-state index in [1.807, 2.05) is 0 Å². The van der Waals surface area contributed by atoms with Crippen LogP contribution in [0.2, 0.25) is 0 Å². The van der Waals surface area contributed by atoms with Crippen molar-refractivity contribution in [1.29, 1.82) is 0 Å². The van der Waals surface area contributed by atoms with Gasteiger partial charge in [-0.3, -0.25) is 0 Å². The number of carbonyl (C=O) groups excluding carboxylic acids is 3. The van der Waals surface area contributed by atoms with Crippen LogP contribution in [0.15, 0.2) is 91.0 Å². The molecule has 0 radical (unpaired) electrons. The van der Waals surface area contributed by atoms with E-state index in [-0.39, 0.29) is 13.0 Å². The van der Waals surface area contributed by atoms with Gasteiger partial charge in [-0.1, -0.05) is 54.6 Å². The Hall–Kier alpha value is -3.97. The summed E-state index contributed by atoms with van der Waals surface area (Å²) < 4.78 is 22.2. The smallest absolute Gasteiger partial charge is 0.340 e. The van der Waals surface area contributed by atoms with Gasteiger partial charge in [-0.15, -0.1) is 0 Å². The predicted octanol–water partition coefficient (Wildman–Crippen LogP) is 4.04. The van der Waals surface area contributed by atoms with E-state index < -0.39 is 36.4 Å². The number of benzene rings is 3. The maximum Gasteiger partial charge on any atom is 0.340 e. The summed E-state index contributed by atoms with van der Waals surface area (Å²) in [5.74, 6) is -1.63. The molecule has 1 heterocycles. The molecule has 1 saturated heterocycles. The molecule has 0 unspecified atom stereocenters. The summed E-state index contributed by atoms with van der Waals surface area (Å²) in [6.45, 7) is -0.167. The van der Waals surface area contributed by atoms with E-state index in [9.17, 15) is 14.4 Å². The van der Waals surface area contributed by atoms with Crippen LogP contribution in [0, 0.1) is 0 Å². The molecular weight excluding hydrogens is 424 g/mol. The first-order valence-electron chi connectivity index (χ1n) is 10.5. The lowest BCUT2D eigenvalue weighted by Crippen LogP contribution is -2.32. The largest absolute Gasteiger partial charge is 0.459 e. The minimum Gasteiger partial charge on any atom is -0.459 e. The fraction of sp³-hybridized carbons (Fsp3) is 0.192. The molecule has 7 heteroatoms. The van der Waals surface area contributed by atoms with Gasteiger partial charge in [-0.05, 0) is 36.4 Å². The molecule has 3 aromatic carbocycles. The van der Waals surface area contributed by atoms with Crippen LogP contribution in [-0.2, 0) is 18.9 Å². The van der Waals surface area contributed by atoms with Gasteiger partial charge in [-0.2, -0.15) is 0 Å². The third-order valence-electron chi connectivity index (χ3n) is 5.07. The monoisotopic (exact) mass is 446 g/mol. The van der Waals surface area contributed by atoms with E-state index in [0.717, 1.165) is 0 Å². The molecule has 4 rings (SSSR count). The molecule has 0 spiro atoms. The third-order valence-corrected chi connectivity index (χ3v) is 5.07. The van der Waals surface area contributed by atoms with E-state index in [0.29, 0.717) is 16.7 Å². The maximum atomic E-state index is 12.6. The molecule has 1 aliphatic heterocycles. The van der Waals surface area contributed by atoms with E-state index >= 15 is 0 Å². The zero-order chi connectivity index (χ0) is 23.0. The first kappa shape index (κ1) is 22.2. The number of rotatable bonds is 7. The molecule has 0 saturated carbocycles. The van der Waals surface area contributed by atoms with Crippen LogP contribution in [0.4, 0.5) is 0 Å². The second kappa shape index (κ2) is 10.6. The van der Waals surface area contributed by atoms with Crippen LogP contribution >= 0.6 is 0 Å². The van der Waals surface area contributed by atoms with Crippen molar-refractivity contribution in [2.75, 3.05) is 6.61 Å². The van der Waals surface area contributed by atoms with Crippen molar-refractivity contribution in [1.82, 2.24) is 0 Å².